The van der Waals surface area contributed by atoms with E-state index < -0.39 is 46.6 Å². The van der Waals surface area contributed by atoms with Gasteiger partial charge in [0.2, 0.25) is 0 Å². The van der Waals surface area contributed by atoms with Crippen LogP contribution >= 0.6 is 23.2 Å². The molecule has 1 amide bonds. The monoisotopic (exact) mass is 1220 g/mol. The van der Waals surface area contributed by atoms with Gasteiger partial charge in [-0.15, -0.1) is 0 Å². The number of pyridine rings is 2. The maximum Gasteiger partial charge on any atom is 0.408 e. The number of aliphatic hydroxyl groups excluding tert-OH is 2. The van der Waals surface area contributed by atoms with Crippen molar-refractivity contribution in [1.29, 1.82) is 0 Å². The van der Waals surface area contributed by atoms with E-state index in [2.05, 4.69) is 15.3 Å². The van der Waals surface area contributed by atoms with E-state index >= 15 is 0 Å². The molecule has 9 rings (SSSR count). The topological polar surface area (TPSA) is 242 Å². The van der Waals surface area contributed by atoms with Gasteiger partial charge in [0, 0.05) is 35.1 Å². The molecule has 0 spiro atoms. The number of nitrogens with zero attached hydrogens (tertiary/aromatic N) is 2. The normalized spacial score (nSPS) is 15.7. The molecule has 7 aromatic rings. The van der Waals surface area contributed by atoms with Crippen LogP contribution in [0.1, 0.15) is 128 Å². The molecule has 5 aromatic carbocycles. The number of halogens is 4. The molecule has 16 nitrogen and oxygen atoms in total. The lowest BCUT2D eigenvalue weighted by molar-refractivity contribution is 0.0394. The maximum atomic E-state index is 14.1. The summed E-state index contributed by atoms with van der Waals surface area (Å²) in [6.07, 6.45) is 3.60. The number of alkyl carbamates (subject to hydrolysis) is 1. The Morgan fingerprint density at radius 3 is 1.48 bits per heavy atom. The first-order valence-electron chi connectivity index (χ1n) is 28.0. The molecule has 0 aliphatic heterocycles. The molecule has 86 heavy (non-hydrogen) atoms. The largest absolute Gasteiger partial charge is 0.493 e. The molecule has 20 heteroatoms. The van der Waals surface area contributed by atoms with E-state index in [4.69, 9.17) is 52.6 Å². The van der Waals surface area contributed by atoms with E-state index in [9.17, 15) is 43.6 Å². The number of Topliss-reactive ketones (excluding diaryl/α,β-unsaturated/α-hetero) is 2. The van der Waals surface area contributed by atoms with Crippen LogP contribution in [0.4, 0.5) is 13.6 Å². The van der Waals surface area contributed by atoms with Crippen molar-refractivity contribution < 1.29 is 67.3 Å². The lowest BCUT2D eigenvalue weighted by Crippen LogP contribution is -2.46. The van der Waals surface area contributed by atoms with Crippen molar-refractivity contribution in [2.75, 3.05) is 27.4 Å². The van der Waals surface area contributed by atoms with Crippen LogP contribution in [-0.2, 0) is 33.6 Å². The lowest BCUT2D eigenvalue weighted by Gasteiger charge is -2.31. The number of hydrogen-bond acceptors (Lipinski definition) is 15. The Balaban J connectivity index is 0.000000230. The quantitative estimate of drug-likeness (QED) is 0.0292. The molecule has 4 atom stereocenters. The van der Waals surface area contributed by atoms with Crippen molar-refractivity contribution in [3.8, 4) is 45.5 Å². The minimum Gasteiger partial charge on any atom is -0.493 e. The number of ketones is 2. The fraction of sp³-hybridized carbons (Fsp3) is 0.348. The van der Waals surface area contributed by atoms with E-state index in [1.54, 1.807) is 81.4 Å². The van der Waals surface area contributed by atoms with Gasteiger partial charge in [-0.3, -0.25) is 9.59 Å². The van der Waals surface area contributed by atoms with Gasteiger partial charge in [0.05, 0.1) is 83.5 Å². The van der Waals surface area contributed by atoms with Crippen molar-refractivity contribution in [3.63, 3.8) is 0 Å². The summed E-state index contributed by atoms with van der Waals surface area (Å²) >= 11 is 12.1. The Morgan fingerprint density at radius 1 is 0.605 bits per heavy atom. The first kappa shape index (κ1) is 64.4. The Bertz CT molecular complexity index is 3580. The SMILES string of the molecule is COc1cc(C(=O)CCC(C)(O)c2cc(C(C)(CO)NC(=O)OCc3ccccc3)cc(-c3ccc(F)c(Cl)c3)n2)ccc1OC1CC1.COc1cc(C(=O)CCC(C)(O)c2cc(C(C)(N)CO)cc(-c3ccc(F)c(Cl)c3)n2)ccc1OC1CC1. The predicted octanol–water partition coefficient (Wildman–Crippen LogP) is 12.2. The summed E-state index contributed by atoms with van der Waals surface area (Å²) in [6.45, 7) is 5.45. The molecular weight excluding hydrogens is 1150 g/mol. The standard InChI is InChI=1S/C37H38ClFN2O7.C29H32ClFN2O5/c1-36(22-42,41-35(44)47-21-23-7-5-4-6-8-23)26-19-30(24-9-13-29(39)28(38)17-24)40-34(20-26)37(2,45)16-15-31(43)25-10-14-32(33(18-25)46-3)48-27-11-12-27;1-28(32,16-34)19-14-23(17-4-8-22(31)21(30)12-17)33-27(15-19)29(2,36)11-10-24(35)18-5-9-25(26(13-18)37-3)38-20-6-7-20/h4-10,13-14,17-20,27,42,45H,11-12,15-16,21-22H2,1-3H3,(H,41,44);4-5,8-9,12-15,20,34,36H,6-7,10-11,16,32H2,1-3H3. The van der Waals surface area contributed by atoms with E-state index in [1.807, 2.05) is 30.3 Å². The Hall–Kier alpha value is -7.55. The molecule has 2 aromatic heterocycles. The van der Waals surface area contributed by atoms with Gasteiger partial charge in [-0.05, 0) is 180 Å². The molecule has 2 aliphatic rings. The van der Waals surface area contributed by atoms with Gasteiger partial charge in [0.1, 0.15) is 29.4 Å². The van der Waals surface area contributed by atoms with Gasteiger partial charge >= 0.3 is 6.09 Å². The molecule has 0 saturated heterocycles. The molecule has 0 bridgehead atoms. The highest BCUT2D eigenvalue weighted by atomic mass is 35.5. The number of methoxy groups -OCH3 is 2. The van der Waals surface area contributed by atoms with E-state index in [1.165, 1.54) is 57.5 Å². The average Bonchev–Trinajstić information content (AvgIpc) is 2.05. The number of nitrogens with two attached hydrogens (primary N) is 1. The van der Waals surface area contributed by atoms with Gasteiger partial charge < -0.3 is 55.2 Å². The third kappa shape index (κ3) is 16.5. The number of amides is 1. The van der Waals surface area contributed by atoms with Gasteiger partial charge in [0.15, 0.2) is 34.6 Å². The molecular formula is C66H70Cl2F2N4O12. The number of rotatable bonds is 25. The number of nitrogens with one attached hydrogen (secondary N) is 1. The van der Waals surface area contributed by atoms with Crippen LogP contribution < -0.4 is 30.0 Å². The summed E-state index contributed by atoms with van der Waals surface area (Å²) in [6, 6.07) is 33.9. The van der Waals surface area contributed by atoms with Gasteiger partial charge in [0.25, 0.3) is 0 Å². The van der Waals surface area contributed by atoms with Gasteiger partial charge in [-0.1, -0.05) is 53.5 Å². The number of hydrogen-bond donors (Lipinski definition) is 6. The predicted molar refractivity (Wildman–Crippen MR) is 322 cm³/mol. The molecule has 2 fully saturated rings. The van der Waals surface area contributed by atoms with Crippen LogP contribution in [0.3, 0.4) is 0 Å². The fourth-order valence-corrected chi connectivity index (χ4v) is 9.37. The zero-order valence-electron chi connectivity index (χ0n) is 48.6. The fourth-order valence-electron chi connectivity index (χ4n) is 9.01. The van der Waals surface area contributed by atoms with Crippen molar-refractivity contribution in [3.05, 3.63) is 188 Å². The summed E-state index contributed by atoms with van der Waals surface area (Å²) in [5.74, 6) is 0.518. The van der Waals surface area contributed by atoms with E-state index in [-0.39, 0.29) is 84.1 Å². The molecule has 2 aliphatic carbocycles. The second-order valence-electron chi connectivity index (χ2n) is 22.5. The lowest BCUT2D eigenvalue weighted by atomic mass is 9.87. The van der Waals surface area contributed by atoms with Crippen LogP contribution in [-0.4, -0.2) is 87.7 Å². The molecule has 7 N–H and O–H groups in total. The molecule has 0 radical (unpaired) electrons. The Labute approximate surface area is 508 Å². The van der Waals surface area contributed by atoms with Crippen molar-refractivity contribution in [2.24, 2.45) is 5.73 Å². The summed E-state index contributed by atoms with van der Waals surface area (Å²) in [7, 11) is 3.03. The molecule has 2 heterocycles. The van der Waals surface area contributed by atoms with Crippen molar-refractivity contribution >= 4 is 40.9 Å². The summed E-state index contributed by atoms with van der Waals surface area (Å²) in [5, 5.41) is 46.1. The molecule has 2 saturated carbocycles. The molecule has 454 valence electrons. The number of carbonyl (C=O) groups is 3. The van der Waals surface area contributed by atoms with Crippen molar-refractivity contribution in [2.45, 2.75) is 120 Å². The van der Waals surface area contributed by atoms with Crippen LogP contribution in [0.25, 0.3) is 22.5 Å². The minimum absolute atomic E-state index is 0.0139. The zero-order chi connectivity index (χ0) is 62.1. The van der Waals surface area contributed by atoms with Crippen LogP contribution in [0.2, 0.25) is 10.0 Å². The van der Waals surface area contributed by atoms with Crippen LogP contribution in [0.5, 0.6) is 23.0 Å². The second kappa shape index (κ2) is 27.4. The maximum absolute atomic E-state index is 14.1. The van der Waals surface area contributed by atoms with Crippen LogP contribution in [0.15, 0.2) is 127 Å². The number of carbonyl (C=O) groups excluding carboxylic acids is 3. The highest BCUT2D eigenvalue weighted by Gasteiger charge is 2.35. The highest BCUT2D eigenvalue weighted by Crippen LogP contribution is 2.39. The summed E-state index contributed by atoms with van der Waals surface area (Å²) in [4.78, 5) is 48.5. The highest BCUT2D eigenvalue weighted by molar-refractivity contribution is 6.31. The number of benzene rings is 5. The first-order valence-corrected chi connectivity index (χ1v) is 28.8. The Kier molecular flexibility index (Phi) is 20.6. The van der Waals surface area contributed by atoms with Gasteiger partial charge in [-0.2, -0.15) is 0 Å². The van der Waals surface area contributed by atoms with E-state index in [0.717, 1.165) is 31.2 Å². The minimum atomic E-state index is -1.65. The Morgan fingerprint density at radius 2 is 1.06 bits per heavy atom. The van der Waals surface area contributed by atoms with Gasteiger partial charge in [-0.25, -0.2) is 23.5 Å². The zero-order valence-corrected chi connectivity index (χ0v) is 50.1. The summed E-state index contributed by atoms with van der Waals surface area (Å²) in [5.41, 5.74) is 5.19. The third-order valence-corrected chi connectivity index (χ3v) is 15.6. The number of aromatic nitrogens is 2. The number of aliphatic hydroxyl groups is 4. The van der Waals surface area contributed by atoms with Crippen molar-refractivity contribution in [1.82, 2.24) is 15.3 Å². The average molecular weight is 1220 g/mol. The first-order chi connectivity index (χ1) is 40.8. The molecule has 4 unspecified atom stereocenters. The number of ether oxygens (including phenoxy) is 5. The third-order valence-electron chi connectivity index (χ3n) is 15.0. The summed E-state index contributed by atoms with van der Waals surface area (Å²) < 4.78 is 55.7. The smallest absolute Gasteiger partial charge is 0.408 e. The van der Waals surface area contributed by atoms with E-state index in [0.29, 0.717) is 67.8 Å². The van der Waals surface area contributed by atoms with Crippen LogP contribution in [0, 0.1) is 11.6 Å². The second-order valence-corrected chi connectivity index (χ2v) is 23.3.